The van der Waals surface area contributed by atoms with Gasteiger partial charge in [0.2, 0.25) is 0 Å². The van der Waals surface area contributed by atoms with Crippen LogP contribution in [0.5, 0.6) is 0 Å². The zero-order valence-corrected chi connectivity index (χ0v) is 12.1. The Morgan fingerprint density at radius 2 is 1.94 bits per heavy atom. The first-order valence-electron chi connectivity index (χ1n) is 7.13. The Morgan fingerprint density at radius 3 is 2.56 bits per heavy atom. The van der Waals surface area contributed by atoms with E-state index in [0.717, 1.165) is 25.7 Å². The van der Waals surface area contributed by atoms with Gasteiger partial charge in [-0.3, -0.25) is 4.79 Å². The monoisotopic (exact) mass is 254 g/mol. The van der Waals surface area contributed by atoms with Crippen LogP contribution in [0.1, 0.15) is 46.0 Å². The second kappa shape index (κ2) is 5.30. The van der Waals surface area contributed by atoms with E-state index < -0.39 is 0 Å². The van der Waals surface area contributed by atoms with E-state index in [1.165, 1.54) is 6.42 Å². The summed E-state index contributed by atoms with van der Waals surface area (Å²) in [6.45, 7) is 4.51. The van der Waals surface area contributed by atoms with E-state index in [0.29, 0.717) is 17.6 Å². The molecule has 0 N–H and O–H groups in total. The summed E-state index contributed by atoms with van der Waals surface area (Å²) >= 11 is 0. The Labute approximate surface area is 110 Å². The van der Waals surface area contributed by atoms with Crippen molar-refractivity contribution >= 4 is 5.78 Å². The van der Waals surface area contributed by atoms with Gasteiger partial charge in [0.15, 0.2) is 6.29 Å². The van der Waals surface area contributed by atoms with Crippen LogP contribution < -0.4 is 0 Å². The third kappa shape index (κ3) is 2.12. The maximum absolute atomic E-state index is 12.1. The van der Waals surface area contributed by atoms with Gasteiger partial charge in [-0.05, 0) is 37.0 Å². The molecule has 4 atom stereocenters. The Morgan fingerprint density at radius 1 is 1.28 bits per heavy atom. The van der Waals surface area contributed by atoms with Gasteiger partial charge in [-0.25, -0.2) is 0 Å². The van der Waals surface area contributed by atoms with Crippen LogP contribution in [-0.2, 0) is 14.3 Å². The highest BCUT2D eigenvalue weighted by Crippen LogP contribution is 2.57. The summed E-state index contributed by atoms with van der Waals surface area (Å²) < 4.78 is 10.8. The lowest BCUT2D eigenvalue weighted by Crippen LogP contribution is -2.42. The summed E-state index contributed by atoms with van der Waals surface area (Å²) in [7, 11) is 3.40. The van der Waals surface area contributed by atoms with E-state index in [1.54, 1.807) is 14.2 Å². The molecular weight excluding hydrogens is 228 g/mol. The minimum absolute atomic E-state index is 0.150. The molecule has 2 rings (SSSR count). The number of ketones is 1. The number of methoxy groups -OCH3 is 2. The van der Waals surface area contributed by atoms with E-state index in [4.69, 9.17) is 9.47 Å². The normalized spacial score (nSPS) is 37.9. The molecule has 0 spiro atoms. The highest BCUT2D eigenvalue weighted by molar-refractivity contribution is 5.83. The van der Waals surface area contributed by atoms with Crippen molar-refractivity contribution in [3.63, 3.8) is 0 Å². The lowest BCUT2D eigenvalue weighted by molar-refractivity contribution is -0.158. The van der Waals surface area contributed by atoms with Crippen LogP contribution in [0.4, 0.5) is 0 Å². The molecule has 0 unspecified atom stereocenters. The molecule has 0 saturated heterocycles. The predicted molar refractivity (Wildman–Crippen MR) is 70.1 cm³/mol. The molecule has 0 bridgehead atoms. The summed E-state index contributed by atoms with van der Waals surface area (Å²) in [6, 6.07) is 0. The second-order valence-corrected chi connectivity index (χ2v) is 6.26. The van der Waals surface area contributed by atoms with E-state index in [2.05, 4.69) is 13.8 Å². The van der Waals surface area contributed by atoms with Gasteiger partial charge in [0.1, 0.15) is 5.78 Å². The van der Waals surface area contributed by atoms with Gasteiger partial charge >= 0.3 is 0 Å². The molecule has 2 fully saturated rings. The number of carbonyl (C=O) groups excluding carboxylic acids is 1. The van der Waals surface area contributed by atoms with Crippen LogP contribution in [-0.4, -0.2) is 26.3 Å². The number of hydrogen-bond donors (Lipinski definition) is 0. The molecule has 0 amide bonds. The van der Waals surface area contributed by atoms with Crippen LogP contribution in [0, 0.1) is 23.2 Å². The van der Waals surface area contributed by atoms with Gasteiger partial charge in [0.05, 0.1) is 0 Å². The molecule has 0 aromatic carbocycles. The zero-order valence-electron chi connectivity index (χ0n) is 12.1. The molecule has 2 aliphatic carbocycles. The van der Waals surface area contributed by atoms with E-state index in [9.17, 15) is 4.79 Å². The minimum atomic E-state index is -0.150. The molecule has 3 nitrogen and oxygen atoms in total. The standard InChI is InChI=1S/C15H26O3/c1-10(14(17-3)18-4)11-7-8-12-13(16)6-5-9-15(11,12)2/h10-12,14H,5-9H2,1-4H3/t10-,11+,12+,15-/m1/s1. The maximum atomic E-state index is 12.1. The van der Waals surface area contributed by atoms with Gasteiger partial charge in [-0.2, -0.15) is 0 Å². The fourth-order valence-corrected chi connectivity index (χ4v) is 4.55. The van der Waals surface area contributed by atoms with Crippen molar-refractivity contribution in [2.45, 2.75) is 52.2 Å². The number of ether oxygens (including phenoxy) is 2. The Hall–Kier alpha value is -0.410. The Kier molecular flexibility index (Phi) is 4.12. The van der Waals surface area contributed by atoms with Crippen LogP contribution >= 0.6 is 0 Å². The summed E-state index contributed by atoms with van der Waals surface area (Å²) in [6.07, 6.45) is 5.07. The quantitative estimate of drug-likeness (QED) is 0.723. The van der Waals surface area contributed by atoms with Gasteiger partial charge in [0.25, 0.3) is 0 Å². The first-order chi connectivity index (χ1) is 8.54. The fourth-order valence-electron chi connectivity index (χ4n) is 4.55. The molecule has 0 heterocycles. The number of fused-ring (bicyclic) bond motifs is 1. The molecule has 0 aliphatic heterocycles. The number of rotatable bonds is 4. The first-order valence-corrected chi connectivity index (χ1v) is 7.13. The first kappa shape index (κ1) is 14.0. The van der Waals surface area contributed by atoms with Crippen LogP contribution in [0.3, 0.4) is 0 Å². The van der Waals surface area contributed by atoms with Crippen molar-refractivity contribution in [2.24, 2.45) is 23.2 Å². The van der Waals surface area contributed by atoms with Gasteiger partial charge in [-0.1, -0.05) is 13.8 Å². The molecule has 0 radical (unpaired) electrons. The Bertz CT molecular complexity index is 311. The average Bonchev–Trinajstić information content (AvgIpc) is 2.69. The van der Waals surface area contributed by atoms with Crippen molar-refractivity contribution in [1.29, 1.82) is 0 Å². The summed E-state index contributed by atoms with van der Waals surface area (Å²) in [4.78, 5) is 12.1. The average molecular weight is 254 g/mol. The van der Waals surface area contributed by atoms with Crippen molar-refractivity contribution in [3.05, 3.63) is 0 Å². The lowest BCUT2D eigenvalue weighted by atomic mass is 9.62. The molecular formula is C15H26O3. The van der Waals surface area contributed by atoms with Crippen molar-refractivity contribution in [1.82, 2.24) is 0 Å². The SMILES string of the molecule is COC(OC)[C@H](C)[C@@H]1CC[C@H]2C(=O)CCC[C@@]21C. The predicted octanol–water partition coefficient (Wildman–Crippen LogP) is 3.03. The van der Waals surface area contributed by atoms with Gasteiger partial charge < -0.3 is 9.47 Å². The highest BCUT2D eigenvalue weighted by Gasteiger charge is 2.53. The molecule has 104 valence electrons. The summed E-state index contributed by atoms with van der Waals surface area (Å²) in [5.41, 5.74) is 0.171. The molecule has 0 aromatic heterocycles. The van der Waals surface area contributed by atoms with Crippen molar-refractivity contribution < 1.29 is 14.3 Å². The molecule has 2 aliphatic rings. The Balaban J connectivity index is 2.17. The molecule has 18 heavy (non-hydrogen) atoms. The maximum Gasteiger partial charge on any atom is 0.159 e. The third-order valence-electron chi connectivity index (χ3n) is 5.47. The van der Waals surface area contributed by atoms with Gasteiger partial charge in [0, 0.05) is 32.5 Å². The lowest BCUT2D eigenvalue weighted by Gasteiger charge is -2.43. The summed E-state index contributed by atoms with van der Waals surface area (Å²) in [5.74, 6) is 1.66. The van der Waals surface area contributed by atoms with E-state index in [1.807, 2.05) is 0 Å². The minimum Gasteiger partial charge on any atom is -0.356 e. The summed E-state index contributed by atoms with van der Waals surface area (Å²) in [5, 5.41) is 0. The zero-order chi connectivity index (χ0) is 13.3. The fraction of sp³-hybridized carbons (Fsp3) is 0.933. The third-order valence-corrected chi connectivity index (χ3v) is 5.47. The highest BCUT2D eigenvalue weighted by atomic mass is 16.7. The van der Waals surface area contributed by atoms with Crippen LogP contribution in [0.2, 0.25) is 0 Å². The van der Waals surface area contributed by atoms with Crippen LogP contribution in [0.15, 0.2) is 0 Å². The largest absolute Gasteiger partial charge is 0.356 e. The van der Waals surface area contributed by atoms with E-state index >= 15 is 0 Å². The molecule has 2 saturated carbocycles. The van der Waals surface area contributed by atoms with Crippen LogP contribution in [0.25, 0.3) is 0 Å². The van der Waals surface area contributed by atoms with E-state index in [-0.39, 0.29) is 17.6 Å². The molecule has 3 heteroatoms. The number of hydrogen-bond acceptors (Lipinski definition) is 3. The smallest absolute Gasteiger partial charge is 0.159 e. The number of Topliss-reactive ketones (excluding diaryl/α,β-unsaturated/α-hetero) is 1. The topological polar surface area (TPSA) is 35.5 Å². The van der Waals surface area contributed by atoms with Crippen molar-refractivity contribution in [2.75, 3.05) is 14.2 Å². The van der Waals surface area contributed by atoms with Crippen molar-refractivity contribution in [3.8, 4) is 0 Å². The van der Waals surface area contributed by atoms with Gasteiger partial charge in [-0.15, -0.1) is 0 Å². The second-order valence-electron chi connectivity index (χ2n) is 6.26. The number of carbonyl (C=O) groups is 1. The molecule has 0 aromatic rings.